The Kier molecular flexibility index (Phi) is 20.3. The smallest absolute Gasteiger partial charge is 0.326 e. The summed E-state index contributed by atoms with van der Waals surface area (Å²) in [5.74, 6) is -5.43. The number of nitrogens with zero attached hydrogens (tertiary/aromatic N) is 5. The van der Waals surface area contributed by atoms with E-state index in [2.05, 4.69) is 31.3 Å². The Morgan fingerprint density at radius 2 is 1.10 bits per heavy atom. The number of carboxylic acids is 1. The standard InChI is InChI=1S/C47H68N14O9/c48-31(16-7-21-53-46(49)50)42(66)61-25-11-20-37(61)44(68)60-24-9-18-35(60)40(64)55-28-38(62)56-34(27-30-14-5-2-6-15-30)43(67)59-23-10-19-36(59)41(65)58-33(26-29-12-3-1-4-13-29)39(63)57-32(45(69)70)17-8-22-54-47(51)52/h1-6,12-15,31-37H,7-11,16-28,48H2,(H,55,64)(H,56,62)(H,57,63)(H,58,65)(H,69,70)(H4,49,50,53)(H4,51,52,54). The topological polar surface area (TPSA) is 369 Å². The number of guanidine groups is 2. The number of hydrogen-bond acceptors (Lipinski definition) is 11. The highest BCUT2D eigenvalue weighted by atomic mass is 16.4. The van der Waals surface area contributed by atoms with Gasteiger partial charge in [0.05, 0.1) is 12.6 Å². The van der Waals surface area contributed by atoms with Crippen LogP contribution in [0.1, 0.15) is 75.3 Å². The van der Waals surface area contributed by atoms with Gasteiger partial charge < -0.3 is 69.7 Å². The summed E-state index contributed by atoms with van der Waals surface area (Å²) in [6.45, 7) is 0.729. The third-order valence-corrected chi connectivity index (χ3v) is 12.6. The van der Waals surface area contributed by atoms with Crippen LogP contribution in [0, 0.1) is 0 Å². The van der Waals surface area contributed by atoms with Crippen LogP contribution in [0.15, 0.2) is 70.6 Å². The Hall–Kier alpha value is -7.30. The summed E-state index contributed by atoms with van der Waals surface area (Å²) in [6, 6.07) is 10.5. The summed E-state index contributed by atoms with van der Waals surface area (Å²) in [4.78, 5) is 121. The van der Waals surface area contributed by atoms with Crippen LogP contribution in [0.25, 0.3) is 0 Å². The van der Waals surface area contributed by atoms with Crippen molar-refractivity contribution in [3.8, 4) is 0 Å². The van der Waals surface area contributed by atoms with Crippen LogP contribution >= 0.6 is 0 Å². The number of carbonyl (C=O) groups is 8. The van der Waals surface area contributed by atoms with Crippen LogP contribution in [-0.4, -0.2) is 161 Å². The van der Waals surface area contributed by atoms with Gasteiger partial charge in [-0.1, -0.05) is 60.7 Å². The van der Waals surface area contributed by atoms with Crippen molar-refractivity contribution in [3.05, 3.63) is 71.8 Å². The SMILES string of the molecule is NC(N)=NCCCC(N)C(=O)N1CCCC1C(=O)N1CCCC1C(=O)NCC(=O)NC(Cc1ccccc1)C(=O)N1CCCC1C(=O)NC(Cc1ccccc1)C(=O)NC(CCCN=C(N)N)C(=O)O. The molecule has 0 aromatic heterocycles. The first kappa shape index (κ1) is 53.7. The fourth-order valence-electron chi connectivity index (χ4n) is 9.08. The number of amides is 7. The van der Waals surface area contributed by atoms with Gasteiger partial charge in [-0.05, 0) is 75.3 Å². The molecule has 3 fully saturated rings. The van der Waals surface area contributed by atoms with Crippen LogP contribution in [-0.2, 0) is 51.2 Å². The highest BCUT2D eigenvalue weighted by molar-refractivity contribution is 5.97. The van der Waals surface area contributed by atoms with Crippen LogP contribution in [0.5, 0.6) is 0 Å². The minimum atomic E-state index is -1.31. The van der Waals surface area contributed by atoms with E-state index in [9.17, 15) is 43.5 Å². The summed E-state index contributed by atoms with van der Waals surface area (Å²) >= 11 is 0. The lowest BCUT2D eigenvalue weighted by Gasteiger charge is -2.32. The summed E-state index contributed by atoms with van der Waals surface area (Å²) in [6.07, 6.45) is 3.67. The number of nitrogens with one attached hydrogen (secondary N) is 4. The highest BCUT2D eigenvalue weighted by Gasteiger charge is 2.44. The zero-order chi connectivity index (χ0) is 50.7. The molecule has 7 amide bonds. The molecule has 3 saturated heterocycles. The molecule has 7 atom stereocenters. The van der Waals surface area contributed by atoms with Gasteiger partial charge in [0.2, 0.25) is 41.4 Å². The Morgan fingerprint density at radius 1 is 0.600 bits per heavy atom. The first-order valence-electron chi connectivity index (χ1n) is 23.8. The van der Waals surface area contributed by atoms with Crippen LogP contribution < -0.4 is 49.9 Å². The molecule has 23 nitrogen and oxygen atoms in total. The molecule has 0 spiro atoms. The number of carbonyl (C=O) groups excluding carboxylic acids is 7. The minimum Gasteiger partial charge on any atom is -0.480 e. The van der Waals surface area contributed by atoms with Crippen molar-refractivity contribution in [2.45, 2.75) is 119 Å². The Labute approximate surface area is 406 Å². The maximum atomic E-state index is 14.5. The second-order valence-electron chi connectivity index (χ2n) is 17.8. The number of hydrogen-bond donors (Lipinski definition) is 10. The maximum absolute atomic E-state index is 14.5. The van der Waals surface area contributed by atoms with Gasteiger partial charge in [0, 0.05) is 45.6 Å². The van der Waals surface area contributed by atoms with Gasteiger partial charge in [-0.3, -0.25) is 43.5 Å². The van der Waals surface area contributed by atoms with E-state index in [4.69, 9.17) is 28.7 Å². The van der Waals surface area contributed by atoms with Gasteiger partial charge in [0.1, 0.15) is 36.3 Å². The third-order valence-electron chi connectivity index (χ3n) is 12.6. The molecule has 15 N–H and O–H groups in total. The molecule has 2 aromatic rings. The van der Waals surface area contributed by atoms with E-state index in [1.54, 1.807) is 60.7 Å². The molecule has 2 aromatic carbocycles. The van der Waals surface area contributed by atoms with Gasteiger partial charge in [-0.15, -0.1) is 0 Å². The van der Waals surface area contributed by atoms with Crippen molar-refractivity contribution in [3.63, 3.8) is 0 Å². The molecule has 7 unspecified atom stereocenters. The Balaban J connectivity index is 1.23. The molecular formula is C47H68N14O9. The van der Waals surface area contributed by atoms with Gasteiger partial charge >= 0.3 is 5.97 Å². The molecular weight excluding hydrogens is 905 g/mol. The van der Waals surface area contributed by atoms with Crippen molar-refractivity contribution < 1.29 is 43.5 Å². The van der Waals surface area contributed by atoms with Crippen LogP contribution in [0.4, 0.5) is 0 Å². The van der Waals surface area contributed by atoms with E-state index >= 15 is 0 Å². The summed E-state index contributed by atoms with van der Waals surface area (Å²) in [5, 5.41) is 20.6. The van der Waals surface area contributed by atoms with Crippen molar-refractivity contribution in [2.75, 3.05) is 39.3 Å². The molecule has 0 radical (unpaired) electrons. The van der Waals surface area contributed by atoms with Gasteiger partial charge in [0.15, 0.2) is 11.9 Å². The Bertz CT molecular complexity index is 2210. The molecule has 0 saturated carbocycles. The van der Waals surface area contributed by atoms with E-state index in [0.29, 0.717) is 69.2 Å². The number of nitrogens with two attached hydrogens (primary N) is 5. The Morgan fingerprint density at radius 3 is 1.66 bits per heavy atom. The fraction of sp³-hybridized carbons (Fsp3) is 0.532. The van der Waals surface area contributed by atoms with E-state index in [1.807, 2.05) is 0 Å². The number of benzene rings is 2. The fourth-order valence-corrected chi connectivity index (χ4v) is 9.08. The largest absolute Gasteiger partial charge is 0.480 e. The molecule has 70 heavy (non-hydrogen) atoms. The molecule has 3 aliphatic heterocycles. The second kappa shape index (κ2) is 26.5. The quantitative estimate of drug-likeness (QED) is 0.0296. The predicted molar refractivity (Wildman–Crippen MR) is 259 cm³/mol. The molecule has 3 aliphatic rings. The molecule has 23 heteroatoms. The summed E-state index contributed by atoms with van der Waals surface area (Å²) in [5.41, 5.74) is 29.1. The molecule has 0 bridgehead atoms. The monoisotopic (exact) mass is 973 g/mol. The second-order valence-corrected chi connectivity index (χ2v) is 17.8. The minimum absolute atomic E-state index is 0.00970. The first-order valence-corrected chi connectivity index (χ1v) is 23.8. The predicted octanol–water partition coefficient (Wildman–Crippen LogP) is -2.47. The van der Waals surface area contributed by atoms with E-state index < -0.39 is 84.3 Å². The zero-order valence-corrected chi connectivity index (χ0v) is 39.4. The van der Waals surface area contributed by atoms with Crippen molar-refractivity contribution in [1.29, 1.82) is 0 Å². The number of likely N-dealkylation sites (tertiary alicyclic amines) is 3. The lowest BCUT2D eigenvalue weighted by atomic mass is 10.0. The lowest BCUT2D eigenvalue weighted by Crippen LogP contribution is -2.58. The molecule has 380 valence electrons. The lowest BCUT2D eigenvalue weighted by molar-refractivity contribution is -0.147. The van der Waals surface area contributed by atoms with Crippen molar-refractivity contribution >= 4 is 59.2 Å². The average molecular weight is 973 g/mol. The first-order chi connectivity index (χ1) is 33.5. The molecule has 0 aliphatic carbocycles. The van der Waals surface area contributed by atoms with Gasteiger partial charge in [-0.2, -0.15) is 0 Å². The summed E-state index contributed by atoms with van der Waals surface area (Å²) in [7, 11) is 0. The maximum Gasteiger partial charge on any atom is 0.326 e. The van der Waals surface area contributed by atoms with E-state index in [-0.39, 0.29) is 75.5 Å². The summed E-state index contributed by atoms with van der Waals surface area (Å²) < 4.78 is 0. The highest BCUT2D eigenvalue weighted by Crippen LogP contribution is 2.26. The van der Waals surface area contributed by atoms with Gasteiger partial charge in [0.25, 0.3) is 0 Å². The third kappa shape index (κ3) is 15.6. The van der Waals surface area contributed by atoms with Crippen molar-refractivity contribution in [2.24, 2.45) is 38.7 Å². The number of aliphatic carboxylic acids is 1. The van der Waals surface area contributed by atoms with Crippen molar-refractivity contribution in [1.82, 2.24) is 36.0 Å². The van der Waals surface area contributed by atoms with Gasteiger partial charge in [-0.25, -0.2) is 4.79 Å². The zero-order valence-electron chi connectivity index (χ0n) is 39.4. The number of carboxylic acid groups (broad SMARTS) is 1. The van der Waals surface area contributed by atoms with E-state index in [0.717, 1.165) is 0 Å². The van der Waals surface area contributed by atoms with E-state index in [1.165, 1.54) is 14.7 Å². The molecule has 3 heterocycles. The average Bonchev–Trinajstić information content (AvgIpc) is 4.15. The van der Waals surface area contributed by atoms with Crippen LogP contribution in [0.3, 0.4) is 0 Å². The number of rotatable bonds is 24. The number of aliphatic imine (C=N–C) groups is 2. The van der Waals surface area contributed by atoms with Crippen LogP contribution in [0.2, 0.25) is 0 Å². The molecule has 5 rings (SSSR count). The normalized spacial score (nSPS) is 19.2.